The maximum Gasteiger partial charge on any atom is 0.263 e. The van der Waals surface area contributed by atoms with E-state index >= 15 is 0 Å². The molecule has 3 rings (SSSR count). The van der Waals surface area contributed by atoms with Crippen LogP contribution < -0.4 is 15.5 Å². The number of anilines is 1. The predicted octanol–water partition coefficient (Wildman–Crippen LogP) is 1.86. The van der Waals surface area contributed by atoms with Crippen molar-refractivity contribution in [2.45, 2.75) is 0 Å². The van der Waals surface area contributed by atoms with E-state index < -0.39 is 11.6 Å². The summed E-state index contributed by atoms with van der Waals surface area (Å²) in [6.45, 7) is 2.79. The third kappa shape index (κ3) is 3.13. The standard InChI is InChI=1S/C14H13F2N3OS2/c15-8-5-10(16)9(7-12-13(20)18-14(21)22-12)11(6-8)19-3-1-17-2-4-19/h5-7,17H,1-4H2,(H,18,20,21)/b12-7-. The first-order valence-electron chi connectivity index (χ1n) is 6.74. The second kappa shape index (κ2) is 6.31. The minimum Gasteiger partial charge on any atom is -0.368 e. The van der Waals surface area contributed by atoms with E-state index in [4.69, 9.17) is 12.2 Å². The summed E-state index contributed by atoms with van der Waals surface area (Å²) in [4.78, 5) is 14.0. The maximum absolute atomic E-state index is 14.2. The van der Waals surface area contributed by atoms with Crippen molar-refractivity contribution in [1.82, 2.24) is 10.6 Å². The van der Waals surface area contributed by atoms with Crippen molar-refractivity contribution in [1.29, 1.82) is 0 Å². The fraction of sp³-hybridized carbons (Fsp3) is 0.286. The molecule has 0 spiro atoms. The minimum atomic E-state index is -0.688. The zero-order chi connectivity index (χ0) is 15.7. The molecule has 22 heavy (non-hydrogen) atoms. The highest BCUT2D eigenvalue weighted by molar-refractivity contribution is 8.26. The Morgan fingerprint density at radius 2 is 2.00 bits per heavy atom. The highest BCUT2D eigenvalue weighted by Crippen LogP contribution is 2.32. The molecular weight excluding hydrogens is 328 g/mol. The van der Waals surface area contributed by atoms with E-state index in [0.717, 1.165) is 30.9 Å². The molecule has 0 saturated carbocycles. The van der Waals surface area contributed by atoms with E-state index in [-0.39, 0.29) is 11.5 Å². The van der Waals surface area contributed by atoms with Gasteiger partial charge in [-0.2, -0.15) is 0 Å². The second-order valence-electron chi connectivity index (χ2n) is 4.91. The molecule has 2 fully saturated rings. The first-order valence-corrected chi connectivity index (χ1v) is 7.96. The number of carbonyl (C=O) groups excluding carboxylic acids is 1. The van der Waals surface area contributed by atoms with Gasteiger partial charge in [0, 0.05) is 43.5 Å². The minimum absolute atomic E-state index is 0.214. The lowest BCUT2D eigenvalue weighted by Gasteiger charge is -2.31. The predicted molar refractivity (Wildman–Crippen MR) is 87.7 cm³/mol. The lowest BCUT2D eigenvalue weighted by molar-refractivity contribution is -0.115. The molecule has 4 nitrogen and oxygen atoms in total. The third-order valence-corrected chi connectivity index (χ3v) is 4.61. The highest BCUT2D eigenvalue weighted by Gasteiger charge is 2.24. The van der Waals surface area contributed by atoms with Gasteiger partial charge in [0.05, 0.1) is 4.91 Å². The summed E-state index contributed by atoms with van der Waals surface area (Å²) in [6.07, 6.45) is 1.44. The Morgan fingerprint density at radius 3 is 2.64 bits per heavy atom. The molecule has 8 heteroatoms. The SMILES string of the molecule is O=C1NC(=S)S/C1=C\c1c(F)cc(F)cc1N1CCNCC1. The van der Waals surface area contributed by atoms with Gasteiger partial charge in [-0.25, -0.2) is 8.78 Å². The summed E-state index contributed by atoms with van der Waals surface area (Å²) < 4.78 is 28.2. The van der Waals surface area contributed by atoms with Gasteiger partial charge in [-0.1, -0.05) is 24.0 Å². The smallest absolute Gasteiger partial charge is 0.263 e. The van der Waals surface area contributed by atoms with Gasteiger partial charge in [-0.3, -0.25) is 4.79 Å². The Labute approximate surface area is 135 Å². The largest absolute Gasteiger partial charge is 0.368 e. The normalized spacial score (nSPS) is 20.6. The zero-order valence-electron chi connectivity index (χ0n) is 11.5. The Hall–Kier alpha value is -1.51. The fourth-order valence-corrected chi connectivity index (χ4v) is 3.46. The molecule has 0 aromatic heterocycles. The number of nitrogens with zero attached hydrogens (tertiary/aromatic N) is 1. The summed E-state index contributed by atoms with van der Waals surface area (Å²) in [5.74, 6) is -1.68. The number of carbonyl (C=O) groups is 1. The number of thioether (sulfide) groups is 1. The summed E-state index contributed by atoms with van der Waals surface area (Å²) in [5.41, 5.74) is 0.670. The molecule has 2 saturated heterocycles. The maximum atomic E-state index is 14.2. The van der Waals surface area contributed by atoms with Crippen LogP contribution in [0.5, 0.6) is 0 Å². The number of hydrogen-bond acceptors (Lipinski definition) is 5. The molecule has 0 atom stereocenters. The van der Waals surface area contributed by atoms with E-state index in [9.17, 15) is 13.6 Å². The van der Waals surface area contributed by atoms with Gasteiger partial charge >= 0.3 is 0 Å². The number of rotatable bonds is 2. The Balaban J connectivity index is 2.04. The average molecular weight is 341 g/mol. The van der Waals surface area contributed by atoms with Gasteiger partial charge in [0.1, 0.15) is 16.0 Å². The van der Waals surface area contributed by atoms with Crippen LogP contribution >= 0.6 is 24.0 Å². The number of hydrogen-bond donors (Lipinski definition) is 2. The Morgan fingerprint density at radius 1 is 1.27 bits per heavy atom. The van der Waals surface area contributed by atoms with Crippen molar-refractivity contribution >= 4 is 46.0 Å². The van der Waals surface area contributed by atoms with Crippen molar-refractivity contribution in [3.8, 4) is 0 Å². The van der Waals surface area contributed by atoms with E-state index in [0.29, 0.717) is 28.0 Å². The van der Waals surface area contributed by atoms with Crippen LogP contribution in [0.25, 0.3) is 6.08 Å². The van der Waals surface area contributed by atoms with Gasteiger partial charge < -0.3 is 15.5 Å². The molecule has 2 aliphatic rings. The molecule has 2 heterocycles. The number of nitrogens with one attached hydrogen (secondary N) is 2. The molecule has 2 aliphatic heterocycles. The van der Waals surface area contributed by atoms with Gasteiger partial charge in [-0.15, -0.1) is 0 Å². The summed E-state index contributed by atoms with van der Waals surface area (Å²) >= 11 is 6.00. The van der Waals surface area contributed by atoms with Crippen molar-refractivity contribution in [3.63, 3.8) is 0 Å². The molecule has 1 aromatic carbocycles. The fourth-order valence-electron chi connectivity index (χ4n) is 2.43. The van der Waals surface area contributed by atoms with E-state index in [1.165, 1.54) is 12.1 Å². The van der Waals surface area contributed by atoms with Crippen LogP contribution in [0.3, 0.4) is 0 Å². The van der Waals surface area contributed by atoms with Crippen LogP contribution in [-0.2, 0) is 4.79 Å². The van der Waals surface area contributed by atoms with Crippen LogP contribution in [0.2, 0.25) is 0 Å². The Bertz CT molecular complexity index is 672. The first-order chi connectivity index (χ1) is 10.5. The van der Waals surface area contributed by atoms with E-state index in [1.807, 2.05) is 4.90 Å². The lowest BCUT2D eigenvalue weighted by atomic mass is 10.1. The molecule has 0 aliphatic carbocycles. The van der Waals surface area contributed by atoms with E-state index in [1.54, 1.807) is 0 Å². The third-order valence-electron chi connectivity index (χ3n) is 3.45. The summed E-state index contributed by atoms with van der Waals surface area (Å²) in [7, 11) is 0. The van der Waals surface area contributed by atoms with Crippen LogP contribution in [0, 0.1) is 11.6 Å². The zero-order valence-corrected chi connectivity index (χ0v) is 13.1. The molecular formula is C14H13F2N3OS2. The number of halogens is 2. The monoisotopic (exact) mass is 341 g/mol. The number of thiocarbonyl (C=S) groups is 1. The summed E-state index contributed by atoms with van der Waals surface area (Å²) in [6, 6.07) is 2.13. The summed E-state index contributed by atoms with van der Waals surface area (Å²) in [5, 5.41) is 5.67. The van der Waals surface area contributed by atoms with Crippen molar-refractivity contribution in [2.75, 3.05) is 31.1 Å². The highest BCUT2D eigenvalue weighted by atomic mass is 32.2. The van der Waals surface area contributed by atoms with Crippen molar-refractivity contribution in [3.05, 3.63) is 34.2 Å². The van der Waals surface area contributed by atoms with Gasteiger partial charge in [0.25, 0.3) is 5.91 Å². The quantitative estimate of drug-likeness (QED) is 0.635. The number of benzene rings is 1. The second-order valence-corrected chi connectivity index (χ2v) is 6.63. The lowest BCUT2D eigenvalue weighted by Crippen LogP contribution is -2.43. The molecule has 0 unspecified atom stereocenters. The number of piperazine rings is 1. The van der Waals surface area contributed by atoms with Gasteiger partial charge in [-0.05, 0) is 12.1 Å². The Kier molecular flexibility index (Phi) is 4.42. The molecule has 2 N–H and O–H groups in total. The topological polar surface area (TPSA) is 44.4 Å². The molecule has 1 amide bonds. The average Bonchev–Trinajstić information content (AvgIpc) is 2.80. The van der Waals surface area contributed by atoms with Gasteiger partial charge in [0.2, 0.25) is 0 Å². The van der Waals surface area contributed by atoms with Gasteiger partial charge in [0.15, 0.2) is 0 Å². The van der Waals surface area contributed by atoms with Crippen molar-refractivity contribution < 1.29 is 13.6 Å². The molecule has 116 valence electrons. The van der Waals surface area contributed by atoms with Crippen LogP contribution in [0.1, 0.15) is 5.56 Å². The first kappa shape index (κ1) is 15.4. The van der Waals surface area contributed by atoms with Crippen LogP contribution in [-0.4, -0.2) is 36.4 Å². The van der Waals surface area contributed by atoms with Crippen LogP contribution in [0.4, 0.5) is 14.5 Å². The van der Waals surface area contributed by atoms with Crippen LogP contribution in [0.15, 0.2) is 17.0 Å². The van der Waals surface area contributed by atoms with E-state index in [2.05, 4.69) is 10.6 Å². The van der Waals surface area contributed by atoms with Crippen molar-refractivity contribution in [2.24, 2.45) is 0 Å². The molecule has 1 aromatic rings. The molecule has 0 radical (unpaired) electrons. The number of amides is 1. The molecule has 0 bridgehead atoms.